The molecule has 8 heteroatoms. The van der Waals surface area contributed by atoms with Crippen LogP contribution >= 0.6 is 0 Å². The molecule has 3 N–H and O–H groups in total. The normalized spacial score (nSPS) is 10.3. The van der Waals surface area contributed by atoms with E-state index in [-0.39, 0.29) is 5.97 Å². The summed E-state index contributed by atoms with van der Waals surface area (Å²) in [6, 6.07) is 0. The zero-order chi connectivity index (χ0) is 43.3. The van der Waals surface area contributed by atoms with Gasteiger partial charge in [-0.05, 0) is 25.7 Å². The number of hydrogen-bond donors (Lipinski definition) is 3. The van der Waals surface area contributed by atoms with Crippen molar-refractivity contribution in [3.8, 4) is 0 Å². The lowest BCUT2D eigenvalue weighted by molar-refractivity contribution is -0.141. The van der Waals surface area contributed by atoms with Crippen LogP contribution in [0, 0.1) is 0 Å². The first kappa shape index (κ1) is 61.5. The molecule has 8 nitrogen and oxygen atoms in total. The third-order valence-electron chi connectivity index (χ3n) is 10.2. The Morgan fingerprint density at radius 1 is 0.281 bits per heavy atom. The summed E-state index contributed by atoms with van der Waals surface area (Å²) in [5.41, 5.74) is 0. The smallest absolute Gasteiger partial charge is 0.305 e. The molecule has 0 radical (unpaired) electrons. The van der Waals surface area contributed by atoms with Gasteiger partial charge in [0.25, 0.3) is 0 Å². The highest BCUT2D eigenvalue weighted by atomic mass is 16.5. The maximum Gasteiger partial charge on any atom is 0.305 e. The van der Waals surface area contributed by atoms with Gasteiger partial charge in [0, 0.05) is 25.7 Å². The van der Waals surface area contributed by atoms with Crippen molar-refractivity contribution >= 4 is 23.9 Å². The van der Waals surface area contributed by atoms with Crippen molar-refractivity contribution in [2.75, 3.05) is 7.11 Å². The molecule has 342 valence electrons. The average molecular weight is 815 g/mol. The first-order valence-electron chi connectivity index (χ1n) is 24.3. The molecule has 0 spiro atoms. The molecule has 0 aromatic heterocycles. The van der Waals surface area contributed by atoms with Gasteiger partial charge in [-0.25, -0.2) is 0 Å². The predicted molar refractivity (Wildman–Crippen MR) is 242 cm³/mol. The second-order valence-electron chi connectivity index (χ2n) is 16.1. The van der Waals surface area contributed by atoms with Crippen LogP contribution in [-0.2, 0) is 23.9 Å². The van der Waals surface area contributed by atoms with Crippen LogP contribution in [0.25, 0.3) is 0 Å². The number of carboxylic acid groups (broad SMARTS) is 3. The van der Waals surface area contributed by atoms with Gasteiger partial charge in [-0.15, -0.1) is 0 Å². The molecular weight excluding hydrogens is 717 g/mol. The number of carbonyl (C=O) groups excluding carboxylic acids is 1. The van der Waals surface area contributed by atoms with Crippen LogP contribution in [-0.4, -0.2) is 46.3 Å². The maximum absolute atomic E-state index is 10.8. The number of carboxylic acids is 3. The Balaban J connectivity index is -0.000000329. The van der Waals surface area contributed by atoms with Crippen LogP contribution in [0.15, 0.2) is 0 Å². The molecule has 0 heterocycles. The van der Waals surface area contributed by atoms with Crippen molar-refractivity contribution in [2.45, 2.75) is 285 Å². The van der Waals surface area contributed by atoms with Crippen LogP contribution in [0.4, 0.5) is 0 Å². The van der Waals surface area contributed by atoms with Gasteiger partial charge < -0.3 is 20.1 Å². The highest BCUT2D eigenvalue weighted by Crippen LogP contribution is 2.13. The van der Waals surface area contributed by atoms with Gasteiger partial charge in [0.1, 0.15) is 0 Å². The van der Waals surface area contributed by atoms with Gasteiger partial charge in [-0.3, -0.25) is 19.2 Å². The van der Waals surface area contributed by atoms with Crippen LogP contribution < -0.4 is 0 Å². The first-order valence-corrected chi connectivity index (χ1v) is 24.3. The summed E-state index contributed by atoms with van der Waals surface area (Å²) in [6.07, 6.45) is 46.6. The first-order chi connectivity index (χ1) is 27.6. The van der Waals surface area contributed by atoms with Gasteiger partial charge in [0.2, 0.25) is 0 Å². The zero-order valence-electron chi connectivity index (χ0n) is 38.7. The molecule has 0 fully saturated rings. The summed E-state index contributed by atoms with van der Waals surface area (Å²) in [7, 11) is 1.45. The Labute approximate surface area is 353 Å². The predicted octanol–water partition coefficient (Wildman–Crippen LogP) is 16.1. The lowest BCUT2D eigenvalue weighted by Gasteiger charge is -2.01. The second kappa shape index (κ2) is 58.2. The zero-order valence-corrected chi connectivity index (χ0v) is 38.7. The summed E-state index contributed by atoms with van der Waals surface area (Å²) in [5, 5.41) is 25.2. The largest absolute Gasteiger partial charge is 0.481 e. The molecule has 0 rings (SSSR count). The summed E-state index contributed by atoms with van der Waals surface area (Å²) >= 11 is 0. The van der Waals surface area contributed by atoms with Crippen molar-refractivity contribution in [3.63, 3.8) is 0 Å². The van der Waals surface area contributed by atoms with Crippen LogP contribution in [0.5, 0.6) is 0 Å². The number of methoxy groups -OCH3 is 1. The number of unbranched alkanes of at least 4 members (excludes halogenated alkanes) is 32. The van der Waals surface area contributed by atoms with Gasteiger partial charge in [-0.1, -0.05) is 233 Å². The van der Waals surface area contributed by atoms with E-state index in [0.717, 1.165) is 44.9 Å². The van der Waals surface area contributed by atoms with Crippen molar-refractivity contribution < 1.29 is 39.2 Å². The third-order valence-corrected chi connectivity index (χ3v) is 10.2. The van der Waals surface area contributed by atoms with Gasteiger partial charge >= 0.3 is 23.9 Å². The van der Waals surface area contributed by atoms with Crippen molar-refractivity contribution in [2.24, 2.45) is 0 Å². The van der Waals surface area contributed by atoms with Crippen LogP contribution in [0.2, 0.25) is 0 Å². The highest BCUT2D eigenvalue weighted by Gasteiger charge is 2.00. The highest BCUT2D eigenvalue weighted by molar-refractivity contribution is 5.69. The van der Waals surface area contributed by atoms with Crippen molar-refractivity contribution in [1.82, 2.24) is 0 Å². The molecule has 0 atom stereocenters. The van der Waals surface area contributed by atoms with Gasteiger partial charge in [-0.2, -0.15) is 0 Å². The lowest BCUT2D eigenvalue weighted by atomic mass is 10.1. The van der Waals surface area contributed by atoms with Gasteiger partial charge in [0.15, 0.2) is 0 Å². The number of rotatable bonds is 40. The van der Waals surface area contributed by atoms with Crippen molar-refractivity contribution in [3.05, 3.63) is 0 Å². The van der Waals surface area contributed by atoms with E-state index in [9.17, 15) is 19.2 Å². The number of hydrogen-bond acceptors (Lipinski definition) is 5. The van der Waals surface area contributed by atoms with E-state index in [0.29, 0.717) is 25.7 Å². The molecule has 0 saturated carbocycles. The molecule has 0 amide bonds. The van der Waals surface area contributed by atoms with Crippen LogP contribution in [0.3, 0.4) is 0 Å². The second-order valence-corrected chi connectivity index (χ2v) is 16.1. The standard InChI is InChI=1S/C13H26O2.3C12H24O2/c1-3-4-5-6-7-8-9-10-11-12-13(14)15-2;3*1-2-3-4-5-6-7-8-9-10-11-12(13)14/h3-12H2,1-2H3;3*2-11H2,1H3,(H,13,14). The molecule has 0 aliphatic heterocycles. The minimum Gasteiger partial charge on any atom is -0.481 e. The SMILES string of the molecule is CCCCCCCCCCCC(=O)O.CCCCCCCCCCCC(=O)O.CCCCCCCCCCCC(=O)O.CCCCCCCCCCCC(=O)OC. The third kappa shape index (κ3) is 75.3. The lowest BCUT2D eigenvalue weighted by Crippen LogP contribution is -1.99. The number of esters is 1. The van der Waals surface area contributed by atoms with Crippen LogP contribution in [0.1, 0.15) is 285 Å². The molecule has 0 bridgehead atoms. The Kier molecular flexibility index (Phi) is 62.8. The Hall–Kier alpha value is -2.12. The van der Waals surface area contributed by atoms with Gasteiger partial charge in [0.05, 0.1) is 7.11 Å². The van der Waals surface area contributed by atoms with E-state index in [1.165, 1.54) is 193 Å². The van der Waals surface area contributed by atoms with E-state index in [4.69, 9.17) is 15.3 Å². The Morgan fingerprint density at radius 2 is 0.439 bits per heavy atom. The fraction of sp³-hybridized carbons (Fsp3) is 0.918. The van der Waals surface area contributed by atoms with Crippen molar-refractivity contribution in [1.29, 1.82) is 0 Å². The quantitative estimate of drug-likeness (QED) is 0.0410. The van der Waals surface area contributed by atoms with E-state index in [1.807, 2.05) is 0 Å². The fourth-order valence-electron chi connectivity index (χ4n) is 6.44. The molecule has 57 heavy (non-hydrogen) atoms. The summed E-state index contributed by atoms with van der Waals surface area (Å²) in [4.78, 5) is 41.4. The monoisotopic (exact) mass is 815 g/mol. The van der Waals surface area contributed by atoms with E-state index < -0.39 is 17.9 Å². The fourth-order valence-corrected chi connectivity index (χ4v) is 6.44. The molecule has 0 unspecified atom stereocenters. The summed E-state index contributed by atoms with van der Waals surface area (Å²) in [6.45, 7) is 8.93. The minimum absolute atomic E-state index is 0.0713. The molecule has 0 aromatic rings. The minimum atomic E-state index is -0.659. The Morgan fingerprint density at radius 3 is 0.596 bits per heavy atom. The number of ether oxygens (including phenoxy) is 1. The molecule has 0 saturated heterocycles. The average Bonchev–Trinajstić information content (AvgIpc) is 3.18. The maximum atomic E-state index is 10.8. The van der Waals surface area contributed by atoms with E-state index in [1.54, 1.807) is 0 Å². The number of aliphatic carboxylic acids is 3. The summed E-state index contributed by atoms with van der Waals surface area (Å²) in [5.74, 6) is -2.05. The molecular formula is C49H98O8. The summed E-state index contributed by atoms with van der Waals surface area (Å²) < 4.78 is 4.58. The molecule has 0 aliphatic carbocycles. The molecule has 0 aliphatic rings. The topological polar surface area (TPSA) is 138 Å². The van der Waals surface area contributed by atoms with E-state index in [2.05, 4.69) is 32.4 Å². The van der Waals surface area contributed by atoms with E-state index >= 15 is 0 Å². The molecule has 0 aromatic carbocycles. The Bertz CT molecular complexity index is 724. The number of carbonyl (C=O) groups is 4.